The Hall–Kier alpha value is -3.21. The maximum Gasteiger partial charge on any atom is 0.239 e. The SMILES string of the molecule is C=Cc1ncn(CCNC(=O)C2COCCN2)c1/C=C(\C)N.C=N/C=C\SC.Cc1ccc(F)cc1. The molecule has 1 amide bonds. The zero-order valence-electron chi connectivity index (χ0n) is 21.2. The fourth-order valence-corrected chi connectivity index (χ4v) is 3.12. The summed E-state index contributed by atoms with van der Waals surface area (Å²) in [6.07, 6.45) is 8.89. The number of ether oxygens (including phenoxy) is 1. The summed E-state index contributed by atoms with van der Waals surface area (Å²) in [5.41, 5.74) is 9.19. The lowest BCUT2D eigenvalue weighted by atomic mass is 10.2. The third kappa shape index (κ3) is 12.5. The summed E-state index contributed by atoms with van der Waals surface area (Å²) in [5, 5.41) is 7.89. The van der Waals surface area contributed by atoms with Gasteiger partial charge in [-0.2, -0.15) is 0 Å². The molecule has 2 heterocycles. The number of imidazole rings is 1. The Morgan fingerprint density at radius 1 is 1.44 bits per heavy atom. The number of hydrogen-bond acceptors (Lipinski definition) is 7. The Morgan fingerprint density at radius 2 is 2.17 bits per heavy atom. The van der Waals surface area contributed by atoms with Crippen molar-refractivity contribution in [2.75, 3.05) is 32.6 Å². The highest BCUT2D eigenvalue weighted by molar-refractivity contribution is 8.01. The number of morpholine rings is 1. The van der Waals surface area contributed by atoms with E-state index in [0.717, 1.165) is 17.0 Å². The molecule has 1 saturated heterocycles. The molecule has 1 aromatic carbocycles. The summed E-state index contributed by atoms with van der Waals surface area (Å²) in [4.78, 5) is 19.7. The maximum atomic E-state index is 12.1. The fourth-order valence-electron chi connectivity index (χ4n) is 2.91. The topological polar surface area (TPSA) is 107 Å². The molecule has 2 aromatic rings. The van der Waals surface area contributed by atoms with Crippen LogP contribution in [0.15, 0.2) is 59.5 Å². The van der Waals surface area contributed by atoms with Crippen LogP contribution >= 0.6 is 11.8 Å². The minimum absolute atomic E-state index is 0.0455. The van der Waals surface area contributed by atoms with E-state index >= 15 is 0 Å². The van der Waals surface area contributed by atoms with Crippen molar-refractivity contribution in [3.8, 4) is 0 Å². The van der Waals surface area contributed by atoms with Crippen LogP contribution in [0, 0.1) is 12.7 Å². The second-order valence-corrected chi connectivity index (χ2v) is 8.42. The molecule has 36 heavy (non-hydrogen) atoms. The first kappa shape index (κ1) is 30.8. The van der Waals surface area contributed by atoms with E-state index in [1.54, 1.807) is 42.5 Å². The highest BCUT2D eigenvalue weighted by atomic mass is 32.2. The average molecular weight is 517 g/mol. The first-order valence-electron chi connectivity index (χ1n) is 11.4. The van der Waals surface area contributed by atoms with Crippen LogP contribution < -0.4 is 16.4 Å². The number of nitrogens with zero attached hydrogens (tertiary/aromatic N) is 3. The van der Waals surface area contributed by atoms with Crippen molar-refractivity contribution in [2.45, 2.75) is 26.4 Å². The smallest absolute Gasteiger partial charge is 0.239 e. The first-order chi connectivity index (χ1) is 17.3. The van der Waals surface area contributed by atoms with Gasteiger partial charge < -0.3 is 25.7 Å². The van der Waals surface area contributed by atoms with Crippen LogP contribution in [-0.2, 0) is 16.1 Å². The molecule has 1 aromatic heterocycles. The molecule has 1 fully saturated rings. The molecule has 0 spiro atoms. The molecule has 3 rings (SSSR count). The van der Waals surface area contributed by atoms with E-state index in [0.29, 0.717) is 38.5 Å². The van der Waals surface area contributed by atoms with Gasteiger partial charge in [0.25, 0.3) is 0 Å². The van der Waals surface area contributed by atoms with Crippen LogP contribution in [0.25, 0.3) is 12.2 Å². The lowest BCUT2D eigenvalue weighted by Gasteiger charge is -2.22. The molecule has 1 atom stereocenters. The van der Waals surface area contributed by atoms with E-state index in [9.17, 15) is 9.18 Å². The predicted octanol–water partition coefficient (Wildman–Crippen LogP) is 3.61. The molecule has 8 nitrogen and oxygen atoms in total. The Kier molecular flexibility index (Phi) is 15.5. The number of nitrogens with one attached hydrogen (secondary N) is 2. The number of nitrogens with two attached hydrogens (primary N) is 1. The average Bonchev–Trinajstić information content (AvgIpc) is 3.26. The van der Waals surface area contributed by atoms with E-state index in [2.05, 4.69) is 33.9 Å². The van der Waals surface area contributed by atoms with Crippen molar-refractivity contribution in [3.05, 3.63) is 77.2 Å². The summed E-state index contributed by atoms with van der Waals surface area (Å²) in [6.45, 7) is 13.6. The second-order valence-electron chi connectivity index (χ2n) is 7.67. The van der Waals surface area contributed by atoms with Gasteiger partial charge in [0.05, 0.1) is 30.9 Å². The molecular formula is C26H37FN6O2S. The Balaban J connectivity index is 0.000000377. The number of hydrogen-bond donors (Lipinski definition) is 3. The zero-order chi connectivity index (χ0) is 26.8. The quantitative estimate of drug-likeness (QED) is 0.463. The molecule has 0 aliphatic carbocycles. The van der Waals surface area contributed by atoms with E-state index in [-0.39, 0.29) is 17.8 Å². The normalized spacial score (nSPS) is 15.2. The molecule has 1 unspecified atom stereocenters. The third-order valence-corrected chi connectivity index (χ3v) is 5.06. The number of aliphatic imine (C=N–C) groups is 1. The predicted molar refractivity (Wildman–Crippen MR) is 149 cm³/mol. The van der Waals surface area contributed by atoms with Gasteiger partial charge in [-0.15, -0.1) is 11.8 Å². The summed E-state index contributed by atoms with van der Waals surface area (Å²) in [7, 11) is 0. The van der Waals surface area contributed by atoms with Gasteiger partial charge in [0.1, 0.15) is 11.9 Å². The summed E-state index contributed by atoms with van der Waals surface area (Å²) < 4.78 is 19.3. The number of aryl methyl sites for hydroxylation is 1. The highest BCUT2D eigenvalue weighted by Gasteiger charge is 2.20. The molecule has 196 valence electrons. The molecule has 1 aliphatic rings. The molecule has 0 saturated carbocycles. The fraction of sp³-hybridized carbons (Fsp3) is 0.346. The van der Waals surface area contributed by atoms with Gasteiger partial charge >= 0.3 is 0 Å². The Morgan fingerprint density at radius 3 is 2.67 bits per heavy atom. The number of carbonyl (C=O) groups excluding carboxylic acids is 1. The zero-order valence-corrected chi connectivity index (χ0v) is 22.1. The monoisotopic (exact) mass is 516 g/mol. The third-order valence-electron chi connectivity index (χ3n) is 4.67. The Bertz CT molecular complexity index is 973. The molecule has 4 N–H and O–H groups in total. The highest BCUT2D eigenvalue weighted by Crippen LogP contribution is 2.12. The molecular weight excluding hydrogens is 479 g/mol. The van der Waals surface area contributed by atoms with Gasteiger partial charge in [-0.3, -0.25) is 9.79 Å². The van der Waals surface area contributed by atoms with Gasteiger partial charge in [-0.05, 0) is 56.5 Å². The maximum absolute atomic E-state index is 12.1. The number of amides is 1. The van der Waals surface area contributed by atoms with Crippen LogP contribution in [0.5, 0.6) is 0 Å². The largest absolute Gasteiger partial charge is 0.402 e. The minimum Gasteiger partial charge on any atom is -0.402 e. The van der Waals surface area contributed by atoms with Crippen molar-refractivity contribution in [2.24, 2.45) is 10.7 Å². The standard InChI is InChI=1S/C15H23N5O2.C7H7F.C4H7NS/c1-3-12-14(8-11(2)16)20(10-19-12)6-4-18-15(21)13-9-22-7-5-17-13;1-6-2-4-7(8)5-3-6;1-5-3-4-6-2/h3,8,10,13,17H,1,4-7,9,16H2,2H3,(H,18,21);2-5H,1H3;3-4H,1H2,2H3/b11-8+;;4-3-. The summed E-state index contributed by atoms with van der Waals surface area (Å²) >= 11 is 1.61. The molecule has 1 aliphatic heterocycles. The number of carbonyl (C=O) groups is 1. The summed E-state index contributed by atoms with van der Waals surface area (Å²) in [5.74, 6) is -0.216. The van der Waals surface area contributed by atoms with Gasteiger partial charge in [0.2, 0.25) is 5.91 Å². The van der Waals surface area contributed by atoms with Gasteiger partial charge in [-0.1, -0.05) is 24.3 Å². The van der Waals surface area contributed by atoms with Crippen LogP contribution in [0.3, 0.4) is 0 Å². The van der Waals surface area contributed by atoms with E-state index in [1.165, 1.54) is 12.1 Å². The van der Waals surface area contributed by atoms with Crippen molar-refractivity contribution in [1.82, 2.24) is 20.2 Å². The van der Waals surface area contributed by atoms with Crippen LogP contribution in [-0.4, -0.2) is 60.8 Å². The lowest BCUT2D eigenvalue weighted by Crippen LogP contribution is -2.51. The molecule has 0 radical (unpaired) electrons. The number of benzene rings is 1. The van der Waals surface area contributed by atoms with Gasteiger partial charge in [0, 0.05) is 31.5 Å². The van der Waals surface area contributed by atoms with E-state index in [1.807, 2.05) is 36.2 Å². The van der Waals surface area contributed by atoms with Gasteiger partial charge in [-0.25, -0.2) is 9.37 Å². The van der Waals surface area contributed by atoms with E-state index < -0.39 is 0 Å². The van der Waals surface area contributed by atoms with Crippen LogP contribution in [0.1, 0.15) is 23.9 Å². The Labute approximate surface area is 217 Å². The summed E-state index contributed by atoms with van der Waals surface area (Å²) in [6, 6.07) is 6.13. The number of rotatable bonds is 8. The van der Waals surface area contributed by atoms with Gasteiger partial charge in [0.15, 0.2) is 0 Å². The number of allylic oxidation sites excluding steroid dienone is 1. The van der Waals surface area contributed by atoms with Crippen LogP contribution in [0.2, 0.25) is 0 Å². The minimum atomic E-state index is -0.272. The van der Waals surface area contributed by atoms with Crippen molar-refractivity contribution < 1.29 is 13.9 Å². The molecule has 10 heteroatoms. The second kappa shape index (κ2) is 18.1. The van der Waals surface area contributed by atoms with Crippen molar-refractivity contribution in [1.29, 1.82) is 0 Å². The number of halogens is 1. The van der Waals surface area contributed by atoms with Crippen LogP contribution in [0.4, 0.5) is 4.39 Å². The molecule has 0 bridgehead atoms. The number of thioether (sulfide) groups is 1. The number of aromatic nitrogens is 2. The first-order valence-corrected chi connectivity index (χ1v) is 12.7. The van der Waals surface area contributed by atoms with Crippen molar-refractivity contribution >= 4 is 36.5 Å². The van der Waals surface area contributed by atoms with Crippen molar-refractivity contribution in [3.63, 3.8) is 0 Å². The van der Waals surface area contributed by atoms with E-state index in [4.69, 9.17) is 10.5 Å². The lowest BCUT2D eigenvalue weighted by molar-refractivity contribution is -0.125.